The summed E-state index contributed by atoms with van der Waals surface area (Å²) in [5.41, 5.74) is 4.36. The van der Waals surface area contributed by atoms with E-state index in [1.54, 1.807) is 0 Å². The van der Waals surface area contributed by atoms with E-state index in [4.69, 9.17) is 11.6 Å². The van der Waals surface area contributed by atoms with Crippen LogP contribution in [0.1, 0.15) is 47.9 Å². The fraction of sp³-hybridized carbons (Fsp3) is 0.304. The first-order valence-electron chi connectivity index (χ1n) is 10.7. The van der Waals surface area contributed by atoms with Crippen molar-refractivity contribution in [3.63, 3.8) is 0 Å². The molecule has 0 radical (unpaired) electrons. The van der Waals surface area contributed by atoms with Crippen LogP contribution in [-0.2, 0) is 11.3 Å². The zero-order valence-corrected chi connectivity index (χ0v) is 18.7. The molecule has 0 aliphatic heterocycles. The number of benzene rings is 1. The molecule has 4 aromatic rings. The molecule has 2 atom stereocenters. The lowest BCUT2D eigenvalue weighted by Crippen LogP contribution is -2.14. The SMILES string of the molecule is O=C(Nc1nnc(NCc2cn3cc(C4CC4)ccc3n2)s1)[C@H]1CC1c1cccc(Cl)c1. The minimum atomic E-state index is -0.0488. The van der Waals surface area contributed by atoms with Gasteiger partial charge in [-0.3, -0.25) is 4.79 Å². The van der Waals surface area contributed by atoms with Crippen LogP contribution in [0.25, 0.3) is 5.65 Å². The van der Waals surface area contributed by atoms with Crippen LogP contribution in [0.4, 0.5) is 10.3 Å². The minimum Gasteiger partial charge on any atom is -0.354 e. The van der Waals surface area contributed by atoms with Gasteiger partial charge in [0.05, 0.1) is 12.2 Å². The first-order chi connectivity index (χ1) is 15.6. The summed E-state index contributed by atoms with van der Waals surface area (Å²) in [7, 11) is 0. The number of fused-ring (bicyclic) bond motifs is 1. The van der Waals surface area contributed by atoms with E-state index < -0.39 is 0 Å². The fourth-order valence-corrected chi connectivity index (χ4v) is 4.95. The summed E-state index contributed by atoms with van der Waals surface area (Å²) in [6.45, 7) is 0.544. The molecule has 2 aliphatic carbocycles. The Morgan fingerprint density at radius 3 is 2.84 bits per heavy atom. The number of aromatic nitrogens is 4. The lowest BCUT2D eigenvalue weighted by Gasteiger charge is -2.02. The molecule has 0 spiro atoms. The Balaban J connectivity index is 1.05. The van der Waals surface area contributed by atoms with E-state index in [-0.39, 0.29) is 17.7 Å². The van der Waals surface area contributed by atoms with Gasteiger partial charge in [-0.1, -0.05) is 41.1 Å². The number of nitrogens with one attached hydrogen (secondary N) is 2. The Kier molecular flexibility index (Phi) is 4.84. The van der Waals surface area contributed by atoms with Gasteiger partial charge in [0, 0.05) is 23.3 Å². The molecule has 6 rings (SSSR count). The van der Waals surface area contributed by atoms with Crippen LogP contribution >= 0.6 is 22.9 Å². The Hall–Kier alpha value is -2.97. The molecule has 3 heterocycles. The summed E-state index contributed by atoms with van der Waals surface area (Å²) in [4.78, 5) is 17.2. The first-order valence-corrected chi connectivity index (χ1v) is 11.9. The Morgan fingerprint density at radius 1 is 1.12 bits per heavy atom. The van der Waals surface area contributed by atoms with Gasteiger partial charge < -0.3 is 15.0 Å². The summed E-state index contributed by atoms with van der Waals surface area (Å²) >= 11 is 7.39. The topological polar surface area (TPSA) is 84.2 Å². The number of hydrogen-bond acceptors (Lipinski definition) is 6. The molecule has 0 bridgehead atoms. The average molecular weight is 465 g/mol. The van der Waals surface area contributed by atoms with Crippen molar-refractivity contribution in [3.05, 3.63) is 70.6 Å². The molecule has 7 nitrogen and oxygen atoms in total. The van der Waals surface area contributed by atoms with Gasteiger partial charge in [-0.15, -0.1) is 10.2 Å². The number of amides is 1. The molecule has 1 amide bonds. The van der Waals surface area contributed by atoms with Gasteiger partial charge >= 0.3 is 0 Å². The fourth-order valence-electron chi connectivity index (χ4n) is 4.10. The molecular weight excluding hydrogens is 444 g/mol. The summed E-state index contributed by atoms with van der Waals surface area (Å²) in [6.07, 6.45) is 7.61. The number of carbonyl (C=O) groups excluding carboxylic acids is 1. The number of imidazole rings is 1. The van der Waals surface area contributed by atoms with E-state index in [0.29, 0.717) is 21.8 Å². The van der Waals surface area contributed by atoms with Crippen LogP contribution in [0.5, 0.6) is 0 Å². The van der Waals surface area contributed by atoms with Crippen LogP contribution in [0.3, 0.4) is 0 Å². The summed E-state index contributed by atoms with van der Waals surface area (Å²) < 4.78 is 2.09. The number of anilines is 2. The third kappa shape index (κ3) is 4.08. The van der Waals surface area contributed by atoms with Gasteiger partial charge in [0.15, 0.2) is 0 Å². The molecule has 162 valence electrons. The Morgan fingerprint density at radius 2 is 2.00 bits per heavy atom. The largest absolute Gasteiger partial charge is 0.354 e. The van der Waals surface area contributed by atoms with Gasteiger partial charge in [-0.25, -0.2) is 4.98 Å². The highest BCUT2D eigenvalue weighted by Crippen LogP contribution is 2.48. The van der Waals surface area contributed by atoms with Gasteiger partial charge in [0.25, 0.3) is 0 Å². The predicted molar refractivity (Wildman–Crippen MR) is 125 cm³/mol. The van der Waals surface area contributed by atoms with Gasteiger partial charge in [0.1, 0.15) is 5.65 Å². The molecular formula is C23H21ClN6OS. The molecule has 2 fully saturated rings. The van der Waals surface area contributed by atoms with Crippen LogP contribution < -0.4 is 10.6 Å². The molecule has 9 heteroatoms. The second kappa shape index (κ2) is 7.86. The zero-order chi connectivity index (χ0) is 21.7. The molecule has 3 aromatic heterocycles. The normalized spacial score (nSPS) is 19.8. The lowest BCUT2D eigenvalue weighted by atomic mass is 10.1. The number of halogens is 1. The number of hydrogen-bond donors (Lipinski definition) is 2. The number of rotatable bonds is 7. The highest BCUT2D eigenvalue weighted by Gasteiger charge is 2.44. The van der Waals surface area contributed by atoms with Crippen molar-refractivity contribution in [2.45, 2.75) is 37.6 Å². The molecule has 32 heavy (non-hydrogen) atoms. The highest BCUT2D eigenvalue weighted by atomic mass is 35.5. The maximum Gasteiger partial charge on any atom is 0.229 e. The molecule has 0 saturated heterocycles. The van der Waals surface area contributed by atoms with Gasteiger partial charge in [-0.05, 0) is 60.4 Å². The number of pyridine rings is 1. The van der Waals surface area contributed by atoms with Crippen molar-refractivity contribution in [2.75, 3.05) is 10.6 Å². The molecule has 1 aromatic carbocycles. The maximum atomic E-state index is 12.6. The molecule has 1 unspecified atom stereocenters. The Bertz CT molecular complexity index is 1310. The van der Waals surface area contributed by atoms with Crippen LogP contribution in [0.2, 0.25) is 5.02 Å². The molecule has 2 aliphatic rings. The quantitative estimate of drug-likeness (QED) is 0.399. The van der Waals surface area contributed by atoms with Crippen molar-refractivity contribution in [1.82, 2.24) is 19.6 Å². The molecule has 2 N–H and O–H groups in total. The van der Waals surface area contributed by atoms with Crippen LogP contribution in [0.15, 0.2) is 48.8 Å². The van der Waals surface area contributed by atoms with Gasteiger partial charge in [-0.2, -0.15) is 0 Å². The summed E-state index contributed by atoms with van der Waals surface area (Å²) in [6, 6.07) is 12.0. The standard InChI is InChI=1S/C23H21ClN6OS/c24-16-3-1-2-14(8-16)18-9-19(18)21(31)27-23-29-28-22(32-23)25-10-17-12-30-11-15(13-4-5-13)6-7-20(30)26-17/h1-3,6-8,11-13,18-19H,4-5,9-10H2,(H,25,28)(H,27,29,31)/t18?,19-/m0/s1. The zero-order valence-electron chi connectivity index (χ0n) is 17.2. The van der Waals surface area contributed by atoms with E-state index in [1.807, 2.05) is 30.5 Å². The average Bonchev–Trinajstić information content (AvgIpc) is 3.70. The van der Waals surface area contributed by atoms with E-state index in [1.165, 1.54) is 29.7 Å². The predicted octanol–water partition coefficient (Wildman–Crippen LogP) is 5.07. The lowest BCUT2D eigenvalue weighted by molar-refractivity contribution is -0.117. The summed E-state index contributed by atoms with van der Waals surface area (Å²) in [5, 5.41) is 16.2. The van der Waals surface area contributed by atoms with Crippen LogP contribution in [-0.4, -0.2) is 25.5 Å². The molecule has 2 saturated carbocycles. The van der Waals surface area contributed by atoms with Gasteiger partial charge in [0.2, 0.25) is 16.2 Å². The van der Waals surface area contributed by atoms with Crippen molar-refractivity contribution < 1.29 is 4.79 Å². The van der Waals surface area contributed by atoms with Crippen molar-refractivity contribution in [2.24, 2.45) is 5.92 Å². The first kappa shape index (κ1) is 19.7. The third-order valence-corrected chi connectivity index (χ3v) is 7.08. The smallest absolute Gasteiger partial charge is 0.229 e. The second-order valence-electron chi connectivity index (χ2n) is 8.49. The van der Waals surface area contributed by atoms with Crippen molar-refractivity contribution >= 4 is 44.8 Å². The third-order valence-electron chi connectivity index (χ3n) is 6.05. The minimum absolute atomic E-state index is 0.0236. The van der Waals surface area contributed by atoms with E-state index >= 15 is 0 Å². The maximum absolute atomic E-state index is 12.6. The highest BCUT2D eigenvalue weighted by molar-refractivity contribution is 7.19. The second-order valence-corrected chi connectivity index (χ2v) is 9.91. The van der Waals surface area contributed by atoms with E-state index in [9.17, 15) is 4.79 Å². The van der Waals surface area contributed by atoms with Crippen molar-refractivity contribution in [3.8, 4) is 0 Å². The van der Waals surface area contributed by atoms with Crippen molar-refractivity contribution in [1.29, 1.82) is 0 Å². The Labute approximate surface area is 193 Å². The van der Waals surface area contributed by atoms with Crippen LogP contribution in [0, 0.1) is 5.92 Å². The number of nitrogens with zero attached hydrogens (tertiary/aromatic N) is 4. The van der Waals surface area contributed by atoms with E-state index in [2.05, 4.69) is 48.5 Å². The van der Waals surface area contributed by atoms with E-state index in [0.717, 1.165) is 29.2 Å². The summed E-state index contributed by atoms with van der Waals surface area (Å²) in [5.74, 6) is 0.862. The number of carbonyl (C=O) groups is 1. The monoisotopic (exact) mass is 464 g/mol.